The molecule has 0 saturated carbocycles. The molecule has 3 nitrogen and oxygen atoms in total. The topological polar surface area (TPSA) is 37.4 Å². The summed E-state index contributed by atoms with van der Waals surface area (Å²) >= 11 is 0. The fourth-order valence-corrected chi connectivity index (χ4v) is 5.13. The van der Waals surface area contributed by atoms with E-state index >= 15 is 0 Å². The highest BCUT2D eigenvalue weighted by Crippen LogP contribution is 2.50. The first-order chi connectivity index (χ1) is 15.1. The Bertz CT molecular complexity index is 1100. The Kier molecular flexibility index (Phi) is 4.82. The maximum absolute atomic E-state index is 13.8. The third-order valence-electron chi connectivity index (χ3n) is 6.67. The van der Waals surface area contributed by atoms with Crippen LogP contribution in [0.25, 0.3) is 0 Å². The standard InChI is InChI=1S/C28H25NO2/c1-18-13-14-19(2)24(17-18)29-27(30)25-22(20-9-5-3-6-10-20)15-16-23(26(25)28(29)31)21-11-7-4-8-12-21/h3-17,22-23,25-26H,1-2H3/t22-,23+,25+,26-. The molecule has 0 unspecified atom stereocenters. The van der Waals surface area contributed by atoms with Crippen molar-refractivity contribution in [2.24, 2.45) is 11.8 Å². The summed E-state index contributed by atoms with van der Waals surface area (Å²) in [4.78, 5) is 29.1. The molecule has 154 valence electrons. The number of nitrogens with zero attached hydrogens (tertiary/aromatic N) is 1. The molecule has 1 aliphatic carbocycles. The van der Waals surface area contributed by atoms with E-state index in [4.69, 9.17) is 0 Å². The number of imide groups is 1. The van der Waals surface area contributed by atoms with Crippen LogP contribution in [0.4, 0.5) is 5.69 Å². The van der Waals surface area contributed by atoms with Crippen LogP contribution in [0.2, 0.25) is 0 Å². The first-order valence-corrected chi connectivity index (χ1v) is 10.8. The van der Waals surface area contributed by atoms with E-state index in [-0.39, 0.29) is 23.7 Å². The van der Waals surface area contributed by atoms with Gasteiger partial charge < -0.3 is 0 Å². The average molecular weight is 408 g/mol. The van der Waals surface area contributed by atoms with Crippen molar-refractivity contribution in [1.82, 2.24) is 0 Å². The van der Waals surface area contributed by atoms with Gasteiger partial charge in [0.2, 0.25) is 11.8 Å². The molecule has 0 aromatic heterocycles. The SMILES string of the molecule is Cc1ccc(C)c(N2C(=O)[C@@H]3[C@H](C2=O)[C@H](c2ccccc2)C=C[C@@H]3c2ccccc2)c1. The van der Waals surface area contributed by atoms with Crippen LogP contribution >= 0.6 is 0 Å². The van der Waals surface area contributed by atoms with Gasteiger partial charge in [0, 0.05) is 11.8 Å². The van der Waals surface area contributed by atoms with Crippen molar-refractivity contribution in [1.29, 1.82) is 0 Å². The second-order valence-electron chi connectivity index (χ2n) is 8.61. The number of anilines is 1. The second kappa shape index (κ2) is 7.66. The summed E-state index contributed by atoms with van der Waals surface area (Å²) in [6.07, 6.45) is 4.26. The summed E-state index contributed by atoms with van der Waals surface area (Å²) in [5.41, 5.74) is 4.83. The van der Waals surface area contributed by atoms with Crippen molar-refractivity contribution in [2.45, 2.75) is 25.7 Å². The van der Waals surface area contributed by atoms with Crippen LogP contribution in [0, 0.1) is 25.7 Å². The maximum Gasteiger partial charge on any atom is 0.238 e. The number of aryl methyl sites for hydroxylation is 2. The quantitative estimate of drug-likeness (QED) is 0.422. The highest BCUT2D eigenvalue weighted by Gasteiger charge is 2.55. The molecular weight excluding hydrogens is 382 g/mol. The first-order valence-electron chi connectivity index (χ1n) is 10.8. The molecular formula is C28H25NO2. The molecule has 4 atom stereocenters. The van der Waals surface area contributed by atoms with Gasteiger partial charge in [-0.1, -0.05) is 84.9 Å². The Labute approximate surface area is 183 Å². The lowest BCUT2D eigenvalue weighted by molar-refractivity contribution is -0.122. The molecule has 0 bridgehead atoms. The van der Waals surface area contributed by atoms with Crippen LogP contribution in [-0.2, 0) is 9.59 Å². The molecule has 2 aliphatic rings. The molecule has 5 rings (SSSR count). The number of rotatable bonds is 3. The number of hydrogen-bond acceptors (Lipinski definition) is 2. The van der Waals surface area contributed by atoms with Crippen molar-refractivity contribution in [2.75, 3.05) is 4.90 Å². The lowest BCUT2D eigenvalue weighted by Gasteiger charge is -2.32. The predicted octanol–water partition coefficient (Wildman–Crippen LogP) is 5.55. The Balaban J connectivity index is 1.65. The second-order valence-corrected chi connectivity index (χ2v) is 8.61. The summed E-state index contributed by atoms with van der Waals surface area (Å²) in [5.74, 6) is -1.24. The fourth-order valence-electron chi connectivity index (χ4n) is 5.13. The monoisotopic (exact) mass is 407 g/mol. The lowest BCUT2D eigenvalue weighted by Crippen LogP contribution is -2.32. The van der Waals surface area contributed by atoms with Crippen molar-refractivity contribution in [3.63, 3.8) is 0 Å². The van der Waals surface area contributed by atoms with Gasteiger partial charge in [0.05, 0.1) is 17.5 Å². The van der Waals surface area contributed by atoms with Crippen LogP contribution in [-0.4, -0.2) is 11.8 Å². The zero-order valence-corrected chi connectivity index (χ0v) is 17.7. The van der Waals surface area contributed by atoms with E-state index in [9.17, 15) is 9.59 Å². The van der Waals surface area contributed by atoms with Gasteiger partial charge in [0.25, 0.3) is 0 Å². The fraction of sp³-hybridized carbons (Fsp3) is 0.214. The minimum absolute atomic E-state index is 0.0946. The largest absolute Gasteiger partial charge is 0.274 e. The van der Waals surface area contributed by atoms with Crippen LogP contribution in [0.15, 0.2) is 91.0 Å². The number of hydrogen-bond donors (Lipinski definition) is 0. The van der Waals surface area contributed by atoms with Crippen molar-refractivity contribution in [3.05, 3.63) is 113 Å². The van der Waals surface area contributed by atoms with Crippen molar-refractivity contribution >= 4 is 17.5 Å². The van der Waals surface area contributed by atoms with E-state index in [1.807, 2.05) is 92.7 Å². The minimum atomic E-state index is -0.412. The Morgan fingerprint density at radius 1 is 0.645 bits per heavy atom. The predicted molar refractivity (Wildman–Crippen MR) is 123 cm³/mol. The van der Waals surface area contributed by atoms with Gasteiger partial charge in [-0.2, -0.15) is 0 Å². The summed E-state index contributed by atoms with van der Waals surface area (Å²) < 4.78 is 0. The maximum atomic E-state index is 13.8. The molecule has 1 aliphatic heterocycles. The molecule has 0 spiro atoms. The van der Waals surface area contributed by atoms with E-state index in [1.165, 1.54) is 4.90 Å². The molecule has 3 aromatic rings. The summed E-state index contributed by atoms with van der Waals surface area (Å²) in [6.45, 7) is 3.95. The molecule has 1 fully saturated rings. The Hall–Kier alpha value is -3.46. The summed E-state index contributed by atoms with van der Waals surface area (Å²) in [6, 6.07) is 26.1. The molecule has 0 radical (unpaired) electrons. The third kappa shape index (κ3) is 3.21. The van der Waals surface area contributed by atoms with Crippen LogP contribution in [0.5, 0.6) is 0 Å². The highest BCUT2D eigenvalue weighted by molar-refractivity contribution is 6.23. The molecule has 3 aromatic carbocycles. The molecule has 31 heavy (non-hydrogen) atoms. The van der Waals surface area contributed by atoms with Gasteiger partial charge in [0.15, 0.2) is 0 Å². The first kappa shape index (κ1) is 19.5. The number of fused-ring (bicyclic) bond motifs is 1. The van der Waals surface area contributed by atoms with E-state index < -0.39 is 11.8 Å². The van der Waals surface area contributed by atoms with Crippen LogP contribution < -0.4 is 4.90 Å². The number of amides is 2. The lowest BCUT2D eigenvalue weighted by atomic mass is 9.68. The zero-order chi connectivity index (χ0) is 21.5. The number of benzene rings is 3. The minimum Gasteiger partial charge on any atom is -0.274 e. The van der Waals surface area contributed by atoms with Gasteiger partial charge >= 0.3 is 0 Å². The van der Waals surface area contributed by atoms with Gasteiger partial charge in [-0.25, -0.2) is 4.90 Å². The van der Waals surface area contributed by atoms with E-state index in [1.54, 1.807) is 0 Å². The average Bonchev–Trinajstić information content (AvgIpc) is 3.07. The van der Waals surface area contributed by atoms with Gasteiger partial charge in [-0.05, 0) is 42.2 Å². The molecule has 1 saturated heterocycles. The smallest absolute Gasteiger partial charge is 0.238 e. The molecule has 0 N–H and O–H groups in total. The Morgan fingerprint density at radius 3 is 1.61 bits per heavy atom. The van der Waals surface area contributed by atoms with Gasteiger partial charge in [-0.3, -0.25) is 9.59 Å². The number of allylic oxidation sites excluding steroid dienone is 2. The highest BCUT2D eigenvalue weighted by atomic mass is 16.2. The van der Waals surface area contributed by atoms with Crippen molar-refractivity contribution in [3.8, 4) is 0 Å². The summed E-state index contributed by atoms with van der Waals surface area (Å²) in [5, 5.41) is 0. The van der Waals surface area contributed by atoms with Gasteiger partial charge in [0.1, 0.15) is 0 Å². The number of carbonyl (C=O) groups excluding carboxylic acids is 2. The zero-order valence-electron chi connectivity index (χ0n) is 17.7. The third-order valence-corrected chi connectivity index (χ3v) is 6.67. The molecule has 1 heterocycles. The van der Waals surface area contributed by atoms with Gasteiger partial charge in [-0.15, -0.1) is 0 Å². The van der Waals surface area contributed by atoms with Crippen LogP contribution in [0.1, 0.15) is 34.1 Å². The summed E-state index contributed by atoms with van der Waals surface area (Å²) in [7, 11) is 0. The molecule has 2 amide bonds. The Morgan fingerprint density at radius 2 is 1.13 bits per heavy atom. The molecule has 3 heteroatoms. The number of carbonyl (C=O) groups is 2. The van der Waals surface area contributed by atoms with Crippen molar-refractivity contribution < 1.29 is 9.59 Å². The van der Waals surface area contributed by atoms with E-state index in [0.717, 1.165) is 22.3 Å². The van der Waals surface area contributed by atoms with Crippen LogP contribution in [0.3, 0.4) is 0 Å². The van der Waals surface area contributed by atoms with E-state index in [0.29, 0.717) is 5.69 Å². The normalized spacial score (nSPS) is 25.0. The van der Waals surface area contributed by atoms with E-state index in [2.05, 4.69) is 12.2 Å².